The molecule has 0 aliphatic rings. The lowest BCUT2D eigenvalue weighted by Gasteiger charge is -2.23. The van der Waals surface area contributed by atoms with Gasteiger partial charge in [-0.25, -0.2) is 9.18 Å². The average Bonchev–Trinajstić information content (AvgIpc) is 2.60. The van der Waals surface area contributed by atoms with Crippen LogP contribution >= 0.6 is 0 Å². The van der Waals surface area contributed by atoms with Crippen molar-refractivity contribution in [2.75, 3.05) is 6.61 Å². The largest absolute Gasteiger partial charge is 0.462 e. The van der Waals surface area contributed by atoms with Crippen molar-refractivity contribution in [3.05, 3.63) is 52.6 Å². The van der Waals surface area contributed by atoms with Crippen molar-refractivity contribution in [2.24, 2.45) is 0 Å². The molecule has 2 rings (SSSR count). The summed E-state index contributed by atoms with van der Waals surface area (Å²) < 4.78 is 18.7. The Kier molecular flexibility index (Phi) is 6.48. The highest BCUT2D eigenvalue weighted by Gasteiger charge is 2.28. The fourth-order valence-corrected chi connectivity index (χ4v) is 3.06. The van der Waals surface area contributed by atoms with Gasteiger partial charge in [0.25, 0.3) is 0 Å². The number of pyridine rings is 1. The number of hydrogen-bond acceptors (Lipinski definition) is 4. The third kappa shape index (κ3) is 3.93. The van der Waals surface area contributed by atoms with E-state index < -0.39 is 5.97 Å². The van der Waals surface area contributed by atoms with Gasteiger partial charge < -0.3 is 9.84 Å². The number of carbonyl (C=O) groups excluding carboxylic acids is 1. The van der Waals surface area contributed by atoms with Crippen molar-refractivity contribution >= 4 is 5.97 Å². The Hall–Kier alpha value is -2.27. The van der Waals surface area contributed by atoms with Crippen LogP contribution in [0.1, 0.15) is 73.8 Å². The molecule has 2 aromatic rings. The standard InChI is InChI=1S/C21H26FNO3/c1-6-26-21(25)18-17(14-7-9-15(22)10-8-14)16(11-24)19(12(2)3)23-20(18)13(4)5/h7-10,12-13,24H,6,11H2,1-5H3. The van der Waals surface area contributed by atoms with Crippen molar-refractivity contribution in [3.63, 3.8) is 0 Å². The molecule has 140 valence electrons. The SMILES string of the molecule is CCOC(=O)c1c(C(C)C)nc(C(C)C)c(CO)c1-c1ccc(F)cc1. The molecule has 0 amide bonds. The zero-order valence-corrected chi connectivity index (χ0v) is 16.0. The van der Waals surface area contributed by atoms with E-state index in [1.54, 1.807) is 19.1 Å². The second kappa shape index (κ2) is 8.41. The third-order valence-electron chi connectivity index (χ3n) is 4.22. The van der Waals surface area contributed by atoms with Crippen molar-refractivity contribution < 1.29 is 19.0 Å². The predicted molar refractivity (Wildman–Crippen MR) is 99.7 cm³/mol. The van der Waals surface area contributed by atoms with Gasteiger partial charge in [0.1, 0.15) is 5.82 Å². The number of rotatable bonds is 6. The van der Waals surface area contributed by atoms with Gasteiger partial charge in [0.2, 0.25) is 0 Å². The van der Waals surface area contributed by atoms with Crippen molar-refractivity contribution in [2.45, 2.75) is 53.1 Å². The summed E-state index contributed by atoms with van der Waals surface area (Å²) in [6, 6.07) is 5.91. The first-order valence-corrected chi connectivity index (χ1v) is 8.92. The Balaban J connectivity index is 2.93. The second-order valence-electron chi connectivity index (χ2n) is 6.81. The molecule has 0 radical (unpaired) electrons. The maximum Gasteiger partial charge on any atom is 0.340 e. The second-order valence-corrected chi connectivity index (χ2v) is 6.81. The topological polar surface area (TPSA) is 59.4 Å². The van der Waals surface area contributed by atoms with Crippen molar-refractivity contribution in [1.82, 2.24) is 4.98 Å². The quantitative estimate of drug-likeness (QED) is 0.753. The molecule has 1 heterocycles. The zero-order valence-electron chi connectivity index (χ0n) is 16.0. The van der Waals surface area contributed by atoms with E-state index in [9.17, 15) is 14.3 Å². The molecule has 0 spiro atoms. The smallest absolute Gasteiger partial charge is 0.340 e. The molecule has 0 fully saturated rings. The summed E-state index contributed by atoms with van der Waals surface area (Å²) in [6.45, 7) is 9.61. The molecule has 0 unspecified atom stereocenters. The molecular weight excluding hydrogens is 333 g/mol. The number of aromatic nitrogens is 1. The molecular formula is C21H26FNO3. The summed E-state index contributed by atoms with van der Waals surface area (Å²) >= 11 is 0. The fraction of sp³-hybridized carbons (Fsp3) is 0.429. The number of halogens is 1. The highest BCUT2D eigenvalue weighted by atomic mass is 19.1. The van der Waals surface area contributed by atoms with Gasteiger partial charge in [-0.05, 0) is 36.5 Å². The summed E-state index contributed by atoms with van der Waals surface area (Å²) in [7, 11) is 0. The van der Waals surface area contributed by atoms with Gasteiger partial charge in [0.15, 0.2) is 0 Å². The summed E-state index contributed by atoms with van der Waals surface area (Å²) in [5.41, 5.74) is 3.53. The van der Waals surface area contributed by atoms with Gasteiger partial charge in [-0.2, -0.15) is 0 Å². The lowest BCUT2D eigenvalue weighted by molar-refractivity contribution is 0.0524. The minimum Gasteiger partial charge on any atom is -0.462 e. The molecule has 1 N–H and O–H groups in total. The van der Waals surface area contributed by atoms with E-state index in [0.29, 0.717) is 27.9 Å². The summed E-state index contributed by atoms with van der Waals surface area (Å²) in [4.78, 5) is 17.5. The average molecular weight is 359 g/mol. The van der Waals surface area contributed by atoms with Crippen LogP contribution in [0.5, 0.6) is 0 Å². The summed E-state index contributed by atoms with van der Waals surface area (Å²) in [6.07, 6.45) is 0. The Morgan fingerprint density at radius 2 is 1.69 bits per heavy atom. The molecule has 0 bridgehead atoms. The van der Waals surface area contributed by atoms with Crippen molar-refractivity contribution in [3.8, 4) is 11.1 Å². The molecule has 1 aromatic carbocycles. The Morgan fingerprint density at radius 3 is 2.15 bits per heavy atom. The van der Waals surface area contributed by atoms with E-state index in [4.69, 9.17) is 9.72 Å². The van der Waals surface area contributed by atoms with Gasteiger partial charge in [-0.15, -0.1) is 0 Å². The van der Waals surface area contributed by atoms with Crippen LogP contribution in [0.25, 0.3) is 11.1 Å². The van der Waals surface area contributed by atoms with Gasteiger partial charge in [0, 0.05) is 16.8 Å². The number of esters is 1. The van der Waals surface area contributed by atoms with E-state index >= 15 is 0 Å². The van der Waals surface area contributed by atoms with E-state index in [2.05, 4.69) is 0 Å². The summed E-state index contributed by atoms with van der Waals surface area (Å²) in [5, 5.41) is 10.1. The van der Waals surface area contributed by atoms with Gasteiger partial charge in [-0.3, -0.25) is 4.98 Å². The number of aliphatic hydroxyl groups is 1. The first-order chi connectivity index (χ1) is 12.3. The Morgan fingerprint density at radius 1 is 1.12 bits per heavy atom. The number of nitrogens with zero attached hydrogens (tertiary/aromatic N) is 1. The van der Waals surface area contributed by atoms with Gasteiger partial charge in [-0.1, -0.05) is 39.8 Å². The van der Waals surface area contributed by atoms with Gasteiger partial charge >= 0.3 is 5.97 Å². The maximum absolute atomic E-state index is 13.4. The monoisotopic (exact) mass is 359 g/mol. The van der Waals surface area contributed by atoms with Crippen LogP contribution in [0, 0.1) is 5.82 Å². The van der Waals surface area contributed by atoms with Crippen molar-refractivity contribution in [1.29, 1.82) is 0 Å². The number of benzene rings is 1. The minimum absolute atomic E-state index is 0.0150. The lowest BCUT2D eigenvalue weighted by Crippen LogP contribution is -2.17. The predicted octanol–water partition coefficient (Wildman–Crippen LogP) is 4.80. The normalized spacial score (nSPS) is 11.3. The third-order valence-corrected chi connectivity index (χ3v) is 4.22. The minimum atomic E-state index is -0.479. The van der Waals surface area contributed by atoms with Crippen LogP contribution in [0.15, 0.2) is 24.3 Å². The molecule has 1 aromatic heterocycles. The number of aliphatic hydroxyl groups excluding tert-OH is 1. The van der Waals surface area contributed by atoms with E-state index in [0.717, 1.165) is 5.69 Å². The van der Waals surface area contributed by atoms with E-state index in [1.807, 2.05) is 27.7 Å². The number of hydrogen-bond donors (Lipinski definition) is 1. The van der Waals surface area contributed by atoms with Crippen LogP contribution in [0.2, 0.25) is 0 Å². The number of ether oxygens (including phenoxy) is 1. The van der Waals surface area contributed by atoms with E-state index in [-0.39, 0.29) is 30.9 Å². The van der Waals surface area contributed by atoms with Crippen LogP contribution in [-0.4, -0.2) is 22.7 Å². The highest BCUT2D eigenvalue weighted by Crippen LogP contribution is 2.37. The molecule has 0 saturated carbocycles. The van der Waals surface area contributed by atoms with Crippen LogP contribution in [0.4, 0.5) is 4.39 Å². The number of carbonyl (C=O) groups is 1. The van der Waals surface area contributed by atoms with Crippen LogP contribution < -0.4 is 0 Å². The molecule has 4 nitrogen and oxygen atoms in total. The fourth-order valence-electron chi connectivity index (χ4n) is 3.06. The maximum atomic E-state index is 13.4. The molecule has 0 aliphatic carbocycles. The molecule has 0 saturated heterocycles. The molecule has 0 aliphatic heterocycles. The first-order valence-electron chi connectivity index (χ1n) is 8.92. The Bertz CT molecular complexity index is 783. The Labute approximate surface area is 154 Å². The van der Waals surface area contributed by atoms with E-state index in [1.165, 1.54) is 12.1 Å². The van der Waals surface area contributed by atoms with Gasteiger partial charge in [0.05, 0.1) is 24.5 Å². The molecule has 26 heavy (non-hydrogen) atoms. The summed E-state index contributed by atoms with van der Waals surface area (Å²) in [5.74, 6) is -0.795. The highest BCUT2D eigenvalue weighted by molar-refractivity contribution is 5.99. The van der Waals surface area contributed by atoms with Crippen LogP contribution in [-0.2, 0) is 11.3 Å². The first kappa shape index (κ1) is 20.0. The van der Waals surface area contributed by atoms with Crippen LogP contribution in [0.3, 0.4) is 0 Å². The lowest BCUT2D eigenvalue weighted by atomic mass is 9.87. The molecule has 5 heteroatoms. The molecule has 0 atom stereocenters. The zero-order chi connectivity index (χ0) is 19.4.